The van der Waals surface area contributed by atoms with Gasteiger partial charge in [-0.3, -0.25) is 4.79 Å². The van der Waals surface area contributed by atoms with E-state index in [-0.39, 0.29) is 12.0 Å². The number of hydrogen-bond acceptors (Lipinski definition) is 3. The van der Waals surface area contributed by atoms with E-state index >= 15 is 0 Å². The second kappa shape index (κ2) is 5.88. The Balaban J connectivity index is 1.64. The van der Waals surface area contributed by atoms with Crippen LogP contribution in [0.2, 0.25) is 0 Å². The summed E-state index contributed by atoms with van der Waals surface area (Å²) in [5.41, 5.74) is 0. The van der Waals surface area contributed by atoms with Gasteiger partial charge in [-0.25, -0.2) is 0 Å². The highest BCUT2D eigenvalue weighted by molar-refractivity contribution is 7.10. The van der Waals surface area contributed by atoms with Crippen LogP contribution in [0.5, 0.6) is 0 Å². The Bertz CT molecular complexity index is 455. The van der Waals surface area contributed by atoms with E-state index in [9.17, 15) is 4.79 Å². The largest absolute Gasteiger partial charge is 0.369 e. The third-order valence-electron chi connectivity index (χ3n) is 3.86. The van der Waals surface area contributed by atoms with E-state index in [4.69, 9.17) is 4.74 Å². The van der Waals surface area contributed by atoms with E-state index in [0.717, 1.165) is 25.8 Å². The molecular formula is C15H19NO2S. The maximum Gasteiger partial charge on any atom is 0.226 e. The smallest absolute Gasteiger partial charge is 0.226 e. The fourth-order valence-corrected chi connectivity index (χ4v) is 3.54. The Hall–Kier alpha value is -1.13. The molecule has 3 rings (SSSR count). The molecule has 1 aliphatic carbocycles. The van der Waals surface area contributed by atoms with E-state index in [1.165, 1.54) is 4.88 Å². The molecule has 2 atom stereocenters. The summed E-state index contributed by atoms with van der Waals surface area (Å²) in [4.78, 5) is 15.7. The quantitative estimate of drug-likeness (QED) is 0.778. The van der Waals surface area contributed by atoms with Gasteiger partial charge in [-0.1, -0.05) is 18.2 Å². The van der Waals surface area contributed by atoms with E-state index in [1.54, 1.807) is 11.3 Å². The first-order valence-corrected chi connectivity index (χ1v) is 7.81. The van der Waals surface area contributed by atoms with Crippen LogP contribution < -0.4 is 0 Å². The van der Waals surface area contributed by atoms with Crippen molar-refractivity contribution in [3.05, 3.63) is 34.5 Å². The van der Waals surface area contributed by atoms with Crippen molar-refractivity contribution in [2.45, 2.75) is 25.4 Å². The Morgan fingerprint density at radius 3 is 3.11 bits per heavy atom. The van der Waals surface area contributed by atoms with Gasteiger partial charge < -0.3 is 9.64 Å². The number of amides is 1. The standard InChI is InChI=1S/C15H19NO2S/c17-15(12-5-2-1-3-6-12)16-8-9-18-13(11-16)14-7-4-10-19-14/h1-2,4,7,10,12-13H,3,5-6,8-9,11H2. The van der Waals surface area contributed by atoms with Crippen LogP contribution in [0, 0.1) is 5.92 Å². The van der Waals surface area contributed by atoms with Crippen LogP contribution >= 0.6 is 11.3 Å². The van der Waals surface area contributed by atoms with Gasteiger partial charge in [0.1, 0.15) is 6.10 Å². The zero-order valence-electron chi connectivity index (χ0n) is 11.0. The van der Waals surface area contributed by atoms with Crippen molar-refractivity contribution in [2.75, 3.05) is 19.7 Å². The van der Waals surface area contributed by atoms with Gasteiger partial charge in [0.25, 0.3) is 0 Å². The molecule has 0 N–H and O–H groups in total. The fraction of sp³-hybridized carbons (Fsp3) is 0.533. The number of hydrogen-bond donors (Lipinski definition) is 0. The van der Waals surface area contributed by atoms with Crippen molar-refractivity contribution in [3.63, 3.8) is 0 Å². The van der Waals surface area contributed by atoms with Gasteiger partial charge in [0, 0.05) is 17.3 Å². The SMILES string of the molecule is O=C(C1CC=CCC1)N1CCOC(c2cccs2)C1. The normalized spacial score (nSPS) is 27.5. The van der Waals surface area contributed by atoms with Gasteiger partial charge in [-0.05, 0) is 30.7 Å². The Morgan fingerprint density at radius 1 is 1.42 bits per heavy atom. The molecule has 2 heterocycles. The van der Waals surface area contributed by atoms with Gasteiger partial charge in [-0.2, -0.15) is 0 Å². The summed E-state index contributed by atoms with van der Waals surface area (Å²) in [6.07, 6.45) is 7.32. The number of allylic oxidation sites excluding steroid dienone is 2. The molecule has 1 aliphatic heterocycles. The van der Waals surface area contributed by atoms with Gasteiger partial charge in [0.2, 0.25) is 5.91 Å². The maximum absolute atomic E-state index is 12.5. The molecule has 0 radical (unpaired) electrons. The summed E-state index contributed by atoms with van der Waals surface area (Å²) in [7, 11) is 0. The van der Waals surface area contributed by atoms with Crippen molar-refractivity contribution >= 4 is 17.2 Å². The third-order valence-corrected chi connectivity index (χ3v) is 4.82. The molecule has 1 saturated heterocycles. The van der Waals surface area contributed by atoms with E-state index in [2.05, 4.69) is 23.6 Å². The minimum absolute atomic E-state index is 0.0665. The van der Waals surface area contributed by atoms with E-state index in [1.807, 2.05) is 11.0 Å². The van der Waals surface area contributed by atoms with Crippen LogP contribution in [0.25, 0.3) is 0 Å². The lowest BCUT2D eigenvalue weighted by molar-refractivity contribution is -0.143. The Labute approximate surface area is 117 Å². The lowest BCUT2D eigenvalue weighted by Gasteiger charge is -2.35. The first kappa shape index (κ1) is 12.9. The first-order chi connectivity index (χ1) is 9.34. The summed E-state index contributed by atoms with van der Waals surface area (Å²) in [6.45, 7) is 2.09. The topological polar surface area (TPSA) is 29.5 Å². The van der Waals surface area contributed by atoms with Gasteiger partial charge >= 0.3 is 0 Å². The van der Waals surface area contributed by atoms with Crippen LogP contribution in [0.1, 0.15) is 30.2 Å². The Morgan fingerprint density at radius 2 is 2.37 bits per heavy atom. The molecule has 2 aliphatic rings. The summed E-state index contributed by atoms with van der Waals surface area (Å²) in [5.74, 6) is 0.501. The van der Waals surface area contributed by atoms with Gasteiger partial charge in [-0.15, -0.1) is 11.3 Å². The molecule has 0 spiro atoms. The summed E-state index contributed by atoms with van der Waals surface area (Å²) in [6, 6.07) is 4.13. The number of morpholine rings is 1. The van der Waals surface area contributed by atoms with Crippen LogP contribution in [0.3, 0.4) is 0 Å². The van der Waals surface area contributed by atoms with Crippen LogP contribution in [0.15, 0.2) is 29.7 Å². The monoisotopic (exact) mass is 277 g/mol. The molecule has 1 aromatic rings. The molecule has 0 bridgehead atoms. The summed E-state index contributed by atoms with van der Waals surface area (Å²) < 4.78 is 5.79. The minimum Gasteiger partial charge on any atom is -0.369 e. The molecule has 0 saturated carbocycles. The second-order valence-electron chi connectivity index (χ2n) is 5.14. The molecule has 19 heavy (non-hydrogen) atoms. The first-order valence-electron chi connectivity index (χ1n) is 6.93. The van der Waals surface area contributed by atoms with E-state index in [0.29, 0.717) is 19.1 Å². The number of ether oxygens (including phenoxy) is 1. The van der Waals surface area contributed by atoms with E-state index < -0.39 is 0 Å². The summed E-state index contributed by atoms with van der Waals surface area (Å²) >= 11 is 1.70. The number of thiophene rings is 1. The number of carbonyl (C=O) groups is 1. The summed E-state index contributed by atoms with van der Waals surface area (Å²) in [5, 5.41) is 2.06. The molecular weight excluding hydrogens is 258 g/mol. The average molecular weight is 277 g/mol. The highest BCUT2D eigenvalue weighted by atomic mass is 32.1. The zero-order valence-corrected chi connectivity index (χ0v) is 11.8. The predicted octanol–water partition coefficient (Wildman–Crippen LogP) is 3.00. The number of rotatable bonds is 2. The molecule has 4 heteroatoms. The van der Waals surface area contributed by atoms with Crippen molar-refractivity contribution in [1.82, 2.24) is 4.90 Å². The van der Waals surface area contributed by atoms with Crippen molar-refractivity contribution in [3.8, 4) is 0 Å². The number of nitrogens with zero attached hydrogens (tertiary/aromatic N) is 1. The van der Waals surface area contributed by atoms with Crippen LogP contribution in [-0.2, 0) is 9.53 Å². The van der Waals surface area contributed by atoms with Crippen LogP contribution in [-0.4, -0.2) is 30.5 Å². The molecule has 1 fully saturated rings. The molecule has 1 aromatic heterocycles. The zero-order chi connectivity index (χ0) is 13.1. The predicted molar refractivity (Wildman–Crippen MR) is 76.1 cm³/mol. The maximum atomic E-state index is 12.5. The van der Waals surface area contributed by atoms with Gasteiger partial charge in [0.15, 0.2) is 0 Å². The van der Waals surface area contributed by atoms with Crippen molar-refractivity contribution < 1.29 is 9.53 Å². The minimum atomic E-state index is 0.0665. The number of carbonyl (C=O) groups excluding carboxylic acids is 1. The second-order valence-corrected chi connectivity index (χ2v) is 6.12. The van der Waals surface area contributed by atoms with Crippen molar-refractivity contribution in [2.24, 2.45) is 5.92 Å². The molecule has 102 valence electrons. The van der Waals surface area contributed by atoms with Gasteiger partial charge in [0.05, 0.1) is 13.2 Å². The fourth-order valence-electron chi connectivity index (χ4n) is 2.77. The third kappa shape index (κ3) is 2.90. The van der Waals surface area contributed by atoms with Crippen LogP contribution in [0.4, 0.5) is 0 Å². The lowest BCUT2D eigenvalue weighted by Crippen LogP contribution is -2.45. The Kier molecular flexibility index (Phi) is 3.99. The lowest BCUT2D eigenvalue weighted by atomic mass is 9.93. The average Bonchev–Trinajstić information content (AvgIpc) is 3.02. The molecule has 0 aromatic carbocycles. The molecule has 3 nitrogen and oxygen atoms in total. The molecule has 1 amide bonds. The highest BCUT2D eigenvalue weighted by Crippen LogP contribution is 2.28. The highest BCUT2D eigenvalue weighted by Gasteiger charge is 2.30. The molecule has 2 unspecified atom stereocenters. The van der Waals surface area contributed by atoms with Crippen molar-refractivity contribution in [1.29, 1.82) is 0 Å².